The van der Waals surface area contributed by atoms with Gasteiger partial charge < -0.3 is 19.3 Å². The SMILES string of the molecule is COc1cccc(CCC(=O)N2CCN(C(=O)c3nnn4c3CO[C@H](c3ccccc3)C4)CC2)c1. The zero-order valence-corrected chi connectivity index (χ0v) is 19.8. The number of nitrogens with zero attached hydrogens (tertiary/aromatic N) is 5. The van der Waals surface area contributed by atoms with Crippen LogP contribution in [0, 0.1) is 0 Å². The molecule has 9 nitrogen and oxygen atoms in total. The molecule has 182 valence electrons. The van der Waals surface area contributed by atoms with E-state index < -0.39 is 0 Å². The molecule has 0 unspecified atom stereocenters. The lowest BCUT2D eigenvalue weighted by molar-refractivity contribution is -0.132. The maximum atomic E-state index is 13.2. The molecule has 9 heteroatoms. The molecule has 3 heterocycles. The average molecular weight is 476 g/mol. The van der Waals surface area contributed by atoms with Crippen LogP contribution in [0.1, 0.15) is 39.8 Å². The molecule has 0 radical (unpaired) electrons. The number of carbonyl (C=O) groups is 2. The quantitative estimate of drug-likeness (QED) is 0.544. The molecule has 2 amide bonds. The van der Waals surface area contributed by atoms with Crippen molar-refractivity contribution in [2.24, 2.45) is 0 Å². The molecule has 5 rings (SSSR count). The molecule has 0 saturated carbocycles. The number of methoxy groups -OCH3 is 1. The van der Waals surface area contributed by atoms with E-state index in [1.54, 1.807) is 16.7 Å². The minimum atomic E-state index is -0.156. The van der Waals surface area contributed by atoms with Gasteiger partial charge in [0.25, 0.3) is 5.91 Å². The van der Waals surface area contributed by atoms with Gasteiger partial charge in [0.1, 0.15) is 11.9 Å². The van der Waals surface area contributed by atoms with Crippen molar-refractivity contribution in [3.8, 4) is 5.75 Å². The molecule has 2 aromatic carbocycles. The average Bonchev–Trinajstić information content (AvgIpc) is 3.35. The number of fused-ring (bicyclic) bond motifs is 1. The number of aromatic nitrogens is 3. The number of carbonyl (C=O) groups excluding carboxylic acids is 2. The van der Waals surface area contributed by atoms with Crippen molar-refractivity contribution in [3.63, 3.8) is 0 Å². The Labute approximate surface area is 204 Å². The monoisotopic (exact) mass is 475 g/mol. The maximum Gasteiger partial charge on any atom is 0.276 e. The number of aryl methyl sites for hydroxylation is 1. The lowest BCUT2D eigenvalue weighted by Crippen LogP contribution is -2.50. The van der Waals surface area contributed by atoms with Crippen LogP contribution in [0.2, 0.25) is 0 Å². The first-order valence-electron chi connectivity index (χ1n) is 11.9. The van der Waals surface area contributed by atoms with Crippen molar-refractivity contribution in [3.05, 3.63) is 77.1 Å². The highest BCUT2D eigenvalue weighted by atomic mass is 16.5. The Morgan fingerprint density at radius 1 is 1.03 bits per heavy atom. The van der Waals surface area contributed by atoms with Crippen LogP contribution < -0.4 is 4.74 Å². The Bertz CT molecular complexity index is 1190. The van der Waals surface area contributed by atoms with Crippen LogP contribution in [0.15, 0.2) is 54.6 Å². The van der Waals surface area contributed by atoms with Gasteiger partial charge in [0.15, 0.2) is 5.69 Å². The minimum Gasteiger partial charge on any atom is -0.497 e. The standard InChI is InChI=1S/C26H29N5O4/c1-34-21-9-5-6-19(16-21)10-11-24(32)29-12-14-30(15-13-29)26(33)25-22-18-35-23(17-31(22)28-27-25)20-7-3-2-4-8-20/h2-9,16,23H,10-15,17-18H2,1H3/t23-/m0/s1. The number of hydrogen-bond acceptors (Lipinski definition) is 6. The molecule has 1 saturated heterocycles. The second kappa shape index (κ2) is 10.3. The van der Waals surface area contributed by atoms with Gasteiger partial charge in [0.2, 0.25) is 5.91 Å². The molecule has 0 aliphatic carbocycles. The van der Waals surface area contributed by atoms with Crippen LogP contribution in [0.5, 0.6) is 5.75 Å². The first-order valence-corrected chi connectivity index (χ1v) is 11.9. The zero-order valence-electron chi connectivity index (χ0n) is 19.8. The minimum absolute atomic E-state index is 0.0984. The molecular formula is C26H29N5O4. The summed E-state index contributed by atoms with van der Waals surface area (Å²) < 4.78 is 13.0. The molecule has 0 spiro atoms. The van der Waals surface area contributed by atoms with Gasteiger partial charge in [-0.15, -0.1) is 5.10 Å². The van der Waals surface area contributed by atoms with Crippen molar-refractivity contribution < 1.29 is 19.1 Å². The van der Waals surface area contributed by atoms with Crippen LogP contribution in [0.3, 0.4) is 0 Å². The fraction of sp³-hybridized carbons (Fsp3) is 0.385. The molecule has 1 aromatic heterocycles. The number of benzene rings is 2. The topological polar surface area (TPSA) is 89.8 Å². The van der Waals surface area contributed by atoms with Crippen LogP contribution in [-0.4, -0.2) is 69.9 Å². The molecule has 1 atom stereocenters. The first-order chi connectivity index (χ1) is 17.1. The highest BCUT2D eigenvalue weighted by Gasteiger charge is 2.31. The Hall–Kier alpha value is -3.72. The summed E-state index contributed by atoms with van der Waals surface area (Å²) in [6, 6.07) is 17.8. The fourth-order valence-corrected chi connectivity index (χ4v) is 4.59. The highest BCUT2D eigenvalue weighted by molar-refractivity contribution is 5.93. The van der Waals surface area contributed by atoms with Gasteiger partial charge in [0.05, 0.1) is 26.0 Å². The fourth-order valence-electron chi connectivity index (χ4n) is 4.59. The largest absolute Gasteiger partial charge is 0.497 e. The van der Waals surface area contributed by atoms with E-state index in [2.05, 4.69) is 10.3 Å². The maximum absolute atomic E-state index is 13.2. The number of piperazine rings is 1. The Kier molecular flexibility index (Phi) is 6.76. The summed E-state index contributed by atoms with van der Waals surface area (Å²) in [7, 11) is 1.63. The van der Waals surface area contributed by atoms with E-state index in [9.17, 15) is 9.59 Å². The van der Waals surface area contributed by atoms with Gasteiger partial charge in [-0.2, -0.15) is 0 Å². The Morgan fingerprint density at radius 2 is 1.80 bits per heavy atom. The normalized spacial score (nSPS) is 17.7. The smallest absolute Gasteiger partial charge is 0.276 e. The predicted octanol–water partition coefficient (Wildman–Crippen LogP) is 2.48. The highest BCUT2D eigenvalue weighted by Crippen LogP contribution is 2.27. The number of hydrogen-bond donors (Lipinski definition) is 0. The van der Waals surface area contributed by atoms with E-state index in [0.717, 1.165) is 16.9 Å². The second-order valence-corrected chi connectivity index (χ2v) is 8.80. The van der Waals surface area contributed by atoms with Gasteiger partial charge in [-0.25, -0.2) is 4.68 Å². The van der Waals surface area contributed by atoms with E-state index in [4.69, 9.17) is 9.47 Å². The summed E-state index contributed by atoms with van der Waals surface area (Å²) in [5.74, 6) is 0.733. The number of rotatable bonds is 6. The van der Waals surface area contributed by atoms with Gasteiger partial charge in [-0.3, -0.25) is 9.59 Å². The summed E-state index contributed by atoms with van der Waals surface area (Å²) in [6.07, 6.45) is 0.977. The van der Waals surface area contributed by atoms with Crippen LogP contribution >= 0.6 is 0 Å². The summed E-state index contributed by atoms with van der Waals surface area (Å²) in [6.45, 7) is 2.79. The zero-order chi connectivity index (χ0) is 24.2. The molecule has 3 aromatic rings. The molecule has 2 aliphatic heterocycles. The van der Waals surface area contributed by atoms with Crippen molar-refractivity contribution in [1.82, 2.24) is 24.8 Å². The van der Waals surface area contributed by atoms with E-state index in [1.165, 1.54) is 0 Å². The van der Waals surface area contributed by atoms with E-state index >= 15 is 0 Å². The molecule has 2 aliphatic rings. The molecule has 1 fully saturated rings. The lowest BCUT2D eigenvalue weighted by Gasteiger charge is -2.34. The molecular weight excluding hydrogens is 446 g/mol. The van der Waals surface area contributed by atoms with Gasteiger partial charge in [-0.05, 0) is 29.7 Å². The first kappa shape index (κ1) is 23.0. The summed E-state index contributed by atoms with van der Waals surface area (Å²) in [4.78, 5) is 29.5. The van der Waals surface area contributed by atoms with Gasteiger partial charge in [-0.1, -0.05) is 47.7 Å². The van der Waals surface area contributed by atoms with Crippen molar-refractivity contribution in [1.29, 1.82) is 0 Å². The predicted molar refractivity (Wildman–Crippen MR) is 128 cm³/mol. The van der Waals surface area contributed by atoms with Crippen LogP contribution in [-0.2, 0) is 29.1 Å². The van der Waals surface area contributed by atoms with Crippen molar-refractivity contribution >= 4 is 11.8 Å². The van der Waals surface area contributed by atoms with Gasteiger partial charge in [0, 0.05) is 32.6 Å². The van der Waals surface area contributed by atoms with Crippen molar-refractivity contribution in [2.75, 3.05) is 33.3 Å². The van der Waals surface area contributed by atoms with E-state index in [0.29, 0.717) is 57.0 Å². The second-order valence-electron chi connectivity index (χ2n) is 8.80. The van der Waals surface area contributed by atoms with Gasteiger partial charge >= 0.3 is 0 Å². The third-order valence-electron chi connectivity index (χ3n) is 6.65. The Morgan fingerprint density at radius 3 is 2.57 bits per heavy atom. The number of ether oxygens (including phenoxy) is 2. The molecule has 0 N–H and O–H groups in total. The number of amides is 2. The van der Waals surface area contributed by atoms with Crippen LogP contribution in [0.25, 0.3) is 0 Å². The summed E-state index contributed by atoms with van der Waals surface area (Å²) >= 11 is 0. The van der Waals surface area contributed by atoms with E-state index in [-0.39, 0.29) is 24.5 Å². The van der Waals surface area contributed by atoms with E-state index in [1.807, 2.05) is 59.5 Å². The van der Waals surface area contributed by atoms with Crippen LogP contribution in [0.4, 0.5) is 0 Å². The van der Waals surface area contributed by atoms with Crippen molar-refractivity contribution in [2.45, 2.75) is 32.1 Å². The molecule has 35 heavy (non-hydrogen) atoms. The third kappa shape index (κ3) is 5.05. The summed E-state index contributed by atoms with van der Waals surface area (Å²) in [5, 5.41) is 8.41. The third-order valence-corrected chi connectivity index (χ3v) is 6.65. The molecule has 0 bridgehead atoms. The summed E-state index contributed by atoms with van der Waals surface area (Å²) in [5.41, 5.74) is 3.20. The lowest BCUT2D eigenvalue weighted by atomic mass is 10.1. The Balaban J connectivity index is 1.14.